The zero-order valence-electron chi connectivity index (χ0n) is 10.8. The predicted molar refractivity (Wildman–Crippen MR) is 69.0 cm³/mol. The van der Waals surface area contributed by atoms with Gasteiger partial charge in [-0.15, -0.1) is 0 Å². The standard InChI is InChI=1S/C8H18O.2H3O4P/c1-2-3-4-5-6-7-8-9;2*1-5(2,3)4/h9H,2-8H2,1H3;2*(H3,1,2,3,4). The van der Waals surface area contributed by atoms with E-state index in [0.717, 1.165) is 6.42 Å². The molecule has 120 valence electrons. The highest BCUT2D eigenvalue weighted by molar-refractivity contribution is 7.45. The van der Waals surface area contributed by atoms with Crippen LogP contribution in [0.2, 0.25) is 0 Å². The van der Waals surface area contributed by atoms with Crippen LogP contribution in [0.1, 0.15) is 45.4 Å². The number of rotatable bonds is 6. The maximum atomic E-state index is 8.88. The molecule has 0 unspecified atom stereocenters. The van der Waals surface area contributed by atoms with Gasteiger partial charge in [0.2, 0.25) is 0 Å². The molecule has 0 amide bonds. The molecular weight excluding hydrogens is 302 g/mol. The zero-order chi connectivity index (χ0) is 15.9. The minimum absolute atomic E-state index is 0.367. The minimum Gasteiger partial charge on any atom is -0.396 e. The van der Waals surface area contributed by atoms with Crippen LogP contribution >= 0.6 is 15.6 Å². The highest BCUT2D eigenvalue weighted by Crippen LogP contribution is 2.26. The SMILES string of the molecule is CCCCCCCCO.O=P(O)(O)O.O=P(O)(O)O. The van der Waals surface area contributed by atoms with Crippen molar-refractivity contribution in [2.24, 2.45) is 0 Å². The fraction of sp³-hybridized carbons (Fsp3) is 1.00. The molecule has 0 aliphatic rings. The molecule has 0 rings (SSSR count). The summed E-state index contributed by atoms with van der Waals surface area (Å²) in [5, 5.41) is 8.42. The summed E-state index contributed by atoms with van der Waals surface area (Å²) in [5.74, 6) is 0. The molecule has 0 bridgehead atoms. The van der Waals surface area contributed by atoms with Crippen LogP contribution in [0.15, 0.2) is 0 Å². The monoisotopic (exact) mass is 326 g/mol. The van der Waals surface area contributed by atoms with Crippen molar-refractivity contribution in [2.45, 2.75) is 45.4 Å². The summed E-state index contributed by atoms with van der Waals surface area (Å²) < 4.78 is 17.8. The van der Waals surface area contributed by atoms with E-state index in [-0.39, 0.29) is 0 Å². The third kappa shape index (κ3) is 125. The third-order valence-electron chi connectivity index (χ3n) is 1.51. The molecule has 0 aliphatic carbocycles. The van der Waals surface area contributed by atoms with Gasteiger partial charge >= 0.3 is 15.6 Å². The Labute approximate surface area is 112 Å². The molecule has 0 fully saturated rings. The highest BCUT2D eigenvalue weighted by Gasteiger charge is 2.00. The molecular formula is C8H24O9P2. The Morgan fingerprint density at radius 1 is 0.684 bits per heavy atom. The second-order valence-electron chi connectivity index (χ2n) is 3.52. The molecule has 0 saturated carbocycles. The van der Waals surface area contributed by atoms with E-state index >= 15 is 0 Å². The van der Waals surface area contributed by atoms with E-state index < -0.39 is 15.6 Å². The molecule has 0 aromatic heterocycles. The first-order valence-electron chi connectivity index (χ1n) is 5.59. The van der Waals surface area contributed by atoms with Gasteiger partial charge in [0, 0.05) is 6.61 Å². The molecule has 0 heterocycles. The lowest BCUT2D eigenvalue weighted by Crippen LogP contribution is -1.82. The maximum Gasteiger partial charge on any atom is 0.466 e. The van der Waals surface area contributed by atoms with Gasteiger partial charge in [-0.25, -0.2) is 9.13 Å². The van der Waals surface area contributed by atoms with Crippen molar-refractivity contribution in [3.05, 3.63) is 0 Å². The zero-order valence-corrected chi connectivity index (χ0v) is 12.6. The largest absolute Gasteiger partial charge is 0.466 e. The van der Waals surface area contributed by atoms with Crippen molar-refractivity contribution in [3.8, 4) is 0 Å². The van der Waals surface area contributed by atoms with Crippen LogP contribution in [0.4, 0.5) is 0 Å². The molecule has 0 aromatic carbocycles. The number of hydrogen-bond donors (Lipinski definition) is 7. The van der Waals surface area contributed by atoms with Crippen molar-refractivity contribution in [3.63, 3.8) is 0 Å². The van der Waals surface area contributed by atoms with E-state index in [1.807, 2.05) is 0 Å². The van der Waals surface area contributed by atoms with E-state index in [0.29, 0.717) is 6.61 Å². The van der Waals surface area contributed by atoms with E-state index in [1.54, 1.807) is 0 Å². The fourth-order valence-electron chi connectivity index (χ4n) is 0.892. The van der Waals surface area contributed by atoms with Gasteiger partial charge in [0.1, 0.15) is 0 Å². The Hall–Kier alpha value is 0.180. The van der Waals surface area contributed by atoms with Crippen molar-refractivity contribution < 1.29 is 43.6 Å². The van der Waals surface area contributed by atoms with E-state index in [2.05, 4.69) is 6.92 Å². The van der Waals surface area contributed by atoms with Crippen molar-refractivity contribution in [2.75, 3.05) is 6.61 Å². The lowest BCUT2D eigenvalue weighted by molar-refractivity contribution is 0.272. The Balaban J connectivity index is -0.000000219. The molecule has 0 aliphatic heterocycles. The maximum absolute atomic E-state index is 8.88. The van der Waals surface area contributed by atoms with Crippen LogP contribution in [0.3, 0.4) is 0 Å². The molecule has 0 aromatic rings. The summed E-state index contributed by atoms with van der Waals surface area (Å²) in [4.78, 5) is 43.1. The Morgan fingerprint density at radius 2 is 0.947 bits per heavy atom. The number of aliphatic hydroxyl groups is 1. The summed E-state index contributed by atoms with van der Waals surface area (Å²) >= 11 is 0. The summed E-state index contributed by atoms with van der Waals surface area (Å²) in [5.41, 5.74) is 0. The van der Waals surface area contributed by atoms with Crippen molar-refractivity contribution in [1.82, 2.24) is 0 Å². The van der Waals surface area contributed by atoms with Crippen LogP contribution in [0, 0.1) is 0 Å². The van der Waals surface area contributed by atoms with Crippen LogP contribution in [0.25, 0.3) is 0 Å². The first-order valence-corrected chi connectivity index (χ1v) is 8.72. The summed E-state index contributed by atoms with van der Waals surface area (Å²) in [7, 11) is -9.28. The average Bonchev–Trinajstić information content (AvgIpc) is 2.12. The molecule has 0 radical (unpaired) electrons. The third-order valence-corrected chi connectivity index (χ3v) is 1.51. The van der Waals surface area contributed by atoms with E-state index in [4.69, 9.17) is 43.6 Å². The first kappa shape index (κ1) is 24.2. The van der Waals surface area contributed by atoms with Gasteiger partial charge in [-0.1, -0.05) is 39.0 Å². The lowest BCUT2D eigenvalue weighted by atomic mass is 10.1. The Morgan fingerprint density at radius 3 is 1.21 bits per heavy atom. The molecule has 11 heteroatoms. The summed E-state index contributed by atoms with van der Waals surface area (Å²) in [6.45, 7) is 2.58. The summed E-state index contributed by atoms with van der Waals surface area (Å²) in [6.07, 6.45) is 7.50. The van der Waals surface area contributed by atoms with Gasteiger partial charge in [-0.3, -0.25) is 0 Å². The lowest BCUT2D eigenvalue weighted by Gasteiger charge is -1.95. The predicted octanol–water partition coefficient (Wildman–Crippen LogP) is 0.482. The van der Waals surface area contributed by atoms with Gasteiger partial charge in [-0.2, -0.15) is 0 Å². The summed E-state index contributed by atoms with van der Waals surface area (Å²) in [6, 6.07) is 0. The number of hydrogen-bond acceptors (Lipinski definition) is 3. The Kier molecular flexibility index (Phi) is 18.6. The normalized spacial score (nSPS) is 10.9. The molecule has 0 atom stereocenters. The molecule has 9 nitrogen and oxygen atoms in total. The van der Waals surface area contributed by atoms with Crippen LogP contribution in [-0.4, -0.2) is 41.1 Å². The van der Waals surface area contributed by atoms with Crippen molar-refractivity contribution >= 4 is 15.6 Å². The second kappa shape index (κ2) is 14.6. The Bertz CT molecular complexity index is 216. The van der Waals surface area contributed by atoms with Crippen LogP contribution in [-0.2, 0) is 9.13 Å². The van der Waals surface area contributed by atoms with E-state index in [1.165, 1.54) is 32.1 Å². The number of aliphatic hydroxyl groups excluding tert-OH is 1. The first-order chi connectivity index (χ1) is 8.41. The molecule has 7 N–H and O–H groups in total. The second-order valence-corrected chi connectivity index (χ2v) is 5.57. The van der Waals surface area contributed by atoms with Gasteiger partial charge < -0.3 is 34.5 Å². The van der Waals surface area contributed by atoms with Gasteiger partial charge in [-0.05, 0) is 6.42 Å². The van der Waals surface area contributed by atoms with Gasteiger partial charge in [0.25, 0.3) is 0 Å². The smallest absolute Gasteiger partial charge is 0.396 e. The van der Waals surface area contributed by atoms with Crippen LogP contribution in [0.5, 0.6) is 0 Å². The van der Waals surface area contributed by atoms with E-state index in [9.17, 15) is 0 Å². The van der Waals surface area contributed by atoms with Gasteiger partial charge in [0.15, 0.2) is 0 Å². The quantitative estimate of drug-likeness (QED) is 0.270. The molecule has 0 saturated heterocycles. The topological polar surface area (TPSA) is 176 Å². The van der Waals surface area contributed by atoms with Gasteiger partial charge in [0.05, 0.1) is 0 Å². The average molecular weight is 326 g/mol. The molecule has 19 heavy (non-hydrogen) atoms. The van der Waals surface area contributed by atoms with Crippen LogP contribution < -0.4 is 0 Å². The number of unbranched alkanes of at least 4 members (excludes halogenated alkanes) is 5. The molecule has 0 spiro atoms. The highest BCUT2D eigenvalue weighted by atomic mass is 31.2. The minimum atomic E-state index is -4.64. The number of phosphoric acid groups is 2. The van der Waals surface area contributed by atoms with Crippen molar-refractivity contribution in [1.29, 1.82) is 0 Å². The fourth-order valence-corrected chi connectivity index (χ4v) is 0.892.